The molecule has 5 aromatic rings. The Morgan fingerprint density at radius 2 is 1.89 bits per heavy atom. The van der Waals surface area contributed by atoms with Crippen LogP contribution in [0.15, 0.2) is 61.2 Å². The Morgan fingerprint density at radius 3 is 2.54 bits per heavy atom. The van der Waals surface area contributed by atoms with E-state index in [4.69, 9.17) is 13.7 Å². The SMILES string of the molecule is COc1cc2c(cc1-c1c(C)noc1C)ncc1oc(=O)n(C(C)c3ccccc3S(C)(=O)=O)c12. The van der Waals surface area contributed by atoms with Gasteiger partial charge in [0.15, 0.2) is 15.4 Å². The first-order valence-corrected chi connectivity index (χ1v) is 12.7. The Labute approximate surface area is 200 Å². The molecule has 1 atom stereocenters. The van der Waals surface area contributed by atoms with Crippen LogP contribution in [0.4, 0.5) is 0 Å². The van der Waals surface area contributed by atoms with Gasteiger partial charge in [0.25, 0.3) is 0 Å². The zero-order valence-electron chi connectivity index (χ0n) is 19.8. The van der Waals surface area contributed by atoms with Gasteiger partial charge in [0.2, 0.25) is 0 Å². The molecule has 0 radical (unpaired) electrons. The summed E-state index contributed by atoms with van der Waals surface area (Å²) in [7, 11) is -1.96. The van der Waals surface area contributed by atoms with E-state index in [0.717, 1.165) is 17.4 Å². The molecule has 0 fully saturated rings. The summed E-state index contributed by atoms with van der Waals surface area (Å²) in [6.07, 6.45) is 2.64. The van der Waals surface area contributed by atoms with Gasteiger partial charge in [0.1, 0.15) is 17.0 Å². The largest absolute Gasteiger partial charge is 0.496 e. The summed E-state index contributed by atoms with van der Waals surface area (Å²) >= 11 is 0. The number of hydrogen-bond donors (Lipinski definition) is 0. The van der Waals surface area contributed by atoms with Gasteiger partial charge in [-0.15, -0.1) is 0 Å². The van der Waals surface area contributed by atoms with Gasteiger partial charge in [0.05, 0.1) is 41.0 Å². The van der Waals surface area contributed by atoms with Crippen LogP contribution in [0.3, 0.4) is 0 Å². The van der Waals surface area contributed by atoms with E-state index >= 15 is 0 Å². The van der Waals surface area contributed by atoms with Gasteiger partial charge in [-0.2, -0.15) is 0 Å². The van der Waals surface area contributed by atoms with Crippen LogP contribution in [-0.4, -0.2) is 36.5 Å². The molecule has 180 valence electrons. The molecule has 0 saturated heterocycles. The third-order valence-electron chi connectivity index (χ3n) is 6.22. The molecule has 0 aliphatic rings. The molecule has 0 bridgehead atoms. The first kappa shape index (κ1) is 22.9. The van der Waals surface area contributed by atoms with Crippen LogP contribution in [0.5, 0.6) is 5.75 Å². The van der Waals surface area contributed by atoms with Crippen molar-refractivity contribution in [3.05, 3.63) is 70.2 Å². The Bertz CT molecular complexity index is 1760. The standard InChI is InChI=1S/C25H23N3O6S/c1-13-23(15(3)34-27-13)18-10-19-17(11-20(18)32-4)24-21(12-26-19)33-25(29)28(24)14(2)16-8-6-7-9-22(16)35(5,30)31/h6-12,14H,1-5H3. The second-order valence-electron chi connectivity index (χ2n) is 8.46. The summed E-state index contributed by atoms with van der Waals surface area (Å²) in [5.41, 5.74) is 4.17. The lowest BCUT2D eigenvalue weighted by Gasteiger charge is -2.17. The van der Waals surface area contributed by atoms with Crippen molar-refractivity contribution >= 4 is 31.8 Å². The van der Waals surface area contributed by atoms with Crippen molar-refractivity contribution in [3.63, 3.8) is 0 Å². The van der Waals surface area contributed by atoms with Gasteiger partial charge in [-0.3, -0.25) is 9.55 Å². The number of nitrogens with zero attached hydrogens (tertiary/aromatic N) is 3. The minimum Gasteiger partial charge on any atom is -0.496 e. The minimum atomic E-state index is -3.52. The molecule has 0 aliphatic carbocycles. The molecule has 3 heterocycles. The van der Waals surface area contributed by atoms with Crippen LogP contribution in [0.25, 0.3) is 33.1 Å². The number of benzene rings is 2. The quantitative estimate of drug-likeness (QED) is 0.353. The summed E-state index contributed by atoms with van der Waals surface area (Å²) in [5.74, 6) is 0.580. The molecule has 0 aliphatic heterocycles. The number of sulfone groups is 1. The number of hydrogen-bond acceptors (Lipinski definition) is 8. The van der Waals surface area contributed by atoms with Crippen LogP contribution < -0.4 is 10.5 Å². The lowest BCUT2D eigenvalue weighted by Crippen LogP contribution is -2.21. The summed E-state index contributed by atoms with van der Waals surface area (Å²) in [5, 5.41) is 4.67. The summed E-state index contributed by atoms with van der Waals surface area (Å²) in [4.78, 5) is 17.7. The Hall–Kier alpha value is -3.92. The number of pyridine rings is 1. The van der Waals surface area contributed by atoms with Crippen molar-refractivity contribution < 1.29 is 22.1 Å². The Morgan fingerprint density at radius 1 is 1.14 bits per heavy atom. The third kappa shape index (κ3) is 3.61. The highest BCUT2D eigenvalue weighted by Gasteiger charge is 2.25. The van der Waals surface area contributed by atoms with Gasteiger partial charge in [-0.1, -0.05) is 23.4 Å². The molecule has 9 nitrogen and oxygen atoms in total. The fraction of sp³-hybridized carbons (Fsp3) is 0.240. The molecule has 2 aromatic carbocycles. The second kappa shape index (κ2) is 8.09. The zero-order chi connectivity index (χ0) is 25.1. The van der Waals surface area contributed by atoms with Crippen LogP contribution in [-0.2, 0) is 9.84 Å². The number of fused-ring (bicyclic) bond motifs is 3. The van der Waals surface area contributed by atoms with Crippen molar-refractivity contribution in [2.45, 2.75) is 31.7 Å². The number of aryl methyl sites for hydroxylation is 2. The van der Waals surface area contributed by atoms with E-state index < -0.39 is 21.6 Å². The molecule has 0 N–H and O–H groups in total. The van der Waals surface area contributed by atoms with E-state index in [-0.39, 0.29) is 4.90 Å². The Balaban J connectivity index is 1.82. The van der Waals surface area contributed by atoms with E-state index in [0.29, 0.717) is 44.8 Å². The molecule has 1 unspecified atom stereocenters. The molecular formula is C25H23N3O6S. The highest BCUT2D eigenvalue weighted by atomic mass is 32.2. The summed E-state index contributed by atoms with van der Waals surface area (Å²) in [6.45, 7) is 5.44. The maximum absolute atomic E-state index is 13.0. The Kier molecular flexibility index (Phi) is 5.28. The van der Waals surface area contributed by atoms with E-state index in [2.05, 4.69) is 10.1 Å². The monoisotopic (exact) mass is 493 g/mol. The highest BCUT2D eigenvalue weighted by Crippen LogP contribution is 2.39. The third-order valence-corrected chi connectivity index (χ3v) is 7.39. The van der Waals surface area contributed by atoms with Gasteiger partial charge in [-0.05, 0) is 44.5 Å². The van der Waals surface area contributed by atoms with Gasteiger partial charge in [0, 0.05) is 17.2 Å². The normalized spacial score (nSPS) is 12.9. The molecule has 0 spiro atoms. The number of rotatable bonds is 5. The van der Waals surface area contributed by atoms with E-state index in [1.165, 1.54) is 16.8 Å². The van der Waals surface area contributed by atoms with Crippen LogP contribution >= 0.6 is 0 Å². The van der Waals surface area contributed by atoms with Crippen LogP contribution in [0.2, 0.25) is 0 Å². The number of methoxy groups -OCH3 is 1. The smallest absolute Gasteiger partial charge is 0.420 e. The molecule has 0 saturated carbocycles. The summed E-state index contributed by atoms with van der Waals surface area (Å²) < 4.78 is 42.9. The predicted molar refractivity (Wildman–Crippen MR) is 131 cm³/mol. The maximum atomic E-state index is 13.0. The second-order valence-corrected chi connectivity index (χ2v) is 10.4. The van der Waals surface area contributed by atoms with Crippen LogP contribution in [0.1, 0.15) is 30.0 Å². The maximum Gasteiger partial charge on any atom is 0.420 e. The summed E-state index contributed by atoms with van der Waals surface area (Å²) in [6, 6.07) is 9.66. The van der Waals surface area contributed by atoms with E-state index in [1.807, 2.05) is 19.9 Å². The predicted octanol–water partition coefficient (Wildman–Crippen LogP) is 4.44. The fourth-order valence-electron chi connectivity index (χ4n) is 4.63. The van der Waals surface area contributed by atoms with Gasteiger partial charge in [-0.25, -0.2) is 13.2 Å². The molecular weight excluding hydrogens is 470 g/mol. The minimum absolute atomic E-state index is 0.158. The molecule has 3 aromatic heterocycles. The topological polar surface area (TPSA) is 117 Å². The van der Waals surface area contributed by atoms with Crippen LogP contribution in [0, 0.1) is 13.8 Å². The lowest BCUT2D eigenvalue weighted by molar-refractivity contribution is 0.393. The number of aromatic nitrogens is 3. The average Bonchev–Trinajstić information content (AvgIpc) is 3.34. The molecule has 35 heavy (non-hydrogen) atoms. The fourth-order valence-corrected chi connectivity index (χ4v) is 5.62. The zero-order valence-corrected chi connectivity index (χ0v) is 20.6. The van der Waals surface area contributed by atoms with Crippen molar-refractivity contribution in [3.8, 4) is 16.9 Å². The molecule has 10 heteroatoms. The highest BCUT2D eigenvalue weighted by molar-refractivity contribution is 7.90. The van der Waals surface area contributed by atoms with E-state index in [9.17, 15) is 13.2 Å². The van der Waals surface area contributed by atoms with Crippen molar-refractivity contribution in [1.82, 2.24) is 14.7 Å². The van der Waals surface area contributed by atoms with Crippen molar-refractivity contribution in [2.24, 2.45) is 0 Å². The lowest BCUT2D eigenvalue weighted by atomic mass is 10.00. The van der Waals surface area contributed by atoms with Gasteiger partial charge >= 0.3 is 5.76 Å². The molecule has 5 rings (SSSR count). The average molecular weight is 494 g/mol. The van der Waals surface area contributed by atoms with E-state index in [1.54, 1.807) is 38.3 Å². The van der Waals surface area contributed by atoms with Gasteiger partial charge < -0.3 is 13.7 Å². The first-order valence-electron chi connectivity index (χ1n) is 10.9. The first-order chi connectivity index (χ1) is 16.6. The molecule has 0 amide bonds. The number of ether oxygens (including phenoxy) is 1. The van der Waals surface area contributed by atoms with Crippen molar-refractivity contribution in [1.29, 1.82) is 0 Å². The van der Waals surface area contributed by atoms with Crippen molar-refractivity contribution in [2.75, 3.05) is 13.4 Å². The number of oxazole rings is 1.